The van der Waals surface area contributed by atoms with Gasteiger partial charge in [-0.3, -0.25) is 0 Å². The van der Waals surface area contributed by atoms with Crippen molar-refractivity contribution < 1.29 is 0 Å². The monoisotopic (exact) mass is 768 g/mol. The van der Waals surface area contributed by atoms with Gasteiger partial charge in [-0.05, 0) is 97.9 Å². The Hall–Kier alpha value is -7.16. The molecular weight excluding hydrogens is 725 g/mol. The lowest BCUT2D eigenvalue weighted by atomic mass is 9.82. The lowest BCUT2D eigenvalue weighted by molar-refractivity contribution is 0.660. The van der Waals surface area contributed by atoms with E-state index in [-0.39, 0.29) is 10.8 Å². The molecule has 9 aromatic carbocycles. The summed E-state index contributed by atoms with van der Waals surface area (Å²) in [5.74, 6) is 0. The summed E-state index contributed by atoms with van der Waals surface area (Å²) in [6.07, 6.45) is 0. The van der Waals surface area contributed by atoms with Crippen LogP contribution in [0.3, 0.4) is 0 Å². The van der Waals surface area contributed by atoms with E-state index >= 15 is 0 Å². The average molecular weight is 769 g/mol. The van der Waals surface area contributed by atoms with E-state index in [1.807, 2.05) is 0 Å². The van der Waals surface area contributed by atoms with Crippen molar-refractivity contribution in [3.8, 4) is 39.1 Å². The third-order valence-electron chi connectivity index (χ3n) is 13.8. The Morgan fingerprint density at radius 3 is 1.72 bits per heavy atom. The Labute approximate surface area is 351 Å². The fourth-order valence-electron chi connectivity index (χ4n) is 10.9. The summed E-state index contributed by atoms with van der Waals surface area (Å²) in [4.78, 5) is 2.51. The molecule has 0 bridgehead atoms. The summed E-state index contributed by atoms with van der Waals surface area (Å²) in [6.45, 7) is 9.50. The first-order valence-corrected chi connectivity index (χ1v) is 21.2. The highest BCUT2D eigenvalue weighted by atomic mass is 15.1. The number of anilines is 3. The molecular formula is C58H44N2. The molecule has 0 fully saturated rings. The highest BCUT2D eigenvalue weighted by molar-refractivity contribution is 6.27. The Kier molecular flexibility index (Phi) is 7.36. The van der Waals surface area contributed by atoms with Gasteiger partial charge in [0.25, 0.3) is 0 Å². The van der Waals surface area contributed by atoms with Crippen molar-refractivity contribution in [1.82, 2.24) is 4.57 Å². The summed E-state index contributed by atoms with van der Waals surface area (Å²) in [7, 11) is 0. The molecule has 0 radical (unpaired) electrons. The molecule has 0 saturated carbocycles. The fourth-order valence-corrected chi connectivity index (χ4v) is 10.9. The smallest absolute Gasteiger partial charge is 0.0622 e. The standard InChI is InChI=1S/C58H44N2/c1-57(2)49-26-16-14-24-46(49)55-50(57)34-33-47-54-45-23-12-11-22-44(45)52(36-53(54)60(56(47)55)39-19-9-6-10-20-39)59(40-29-27-38(28-30-40)37-17-7-5-8-18-37)41-31-32-43-42-21-13-15-25-48(42)58(3,4)51(43)35-41/h5-36H,1-4H3. The number of nitrogens with zero attached hydrogens (tertiary/aromatic N) is 2. The van der Waals surface area contributed by atoms with E-state index in [1.54, 1.807) is 0 Å². The van der Waals surface area contributed by atoms with Crippen LogP contribution in [0.2, 0.25) is 0 Å². The zero-order valence-electron chi connectivity index (χ0n) is 34.4. The normalized spacial score (nSPS) is 14.3. The molecule has 2 aliphatic carbocycles. The largest absolute Gasteiger partial charge is 0.310 e. The van der Waals surface area contributed by atoms with Crippen molar-refractivity contribution in [2.24, 2.45) is 0 Å². The molecule has 2 nitrogen and oxygen atoms in total. The maximum absolute atomic E-state index is 2.55. The van der Waals surface area contributed by atoms with Gasteiger partial charge in [0, 0.05) is 49.6 Å². The topological polar surface area (TPSA) is 8.17 Å². The van der Waals surface area contributed by atoms with E-state index in [4.69, 9.17) is 0 Å². The molecule has 12 rings (SSSR count). The molecule has 0 spiro atoms. The molecule has 0 amide bonds. The lowest BCUT2D eigenvalue weighted by Crippen LogP contribution is -2.16. The molecule has 0 unspecified atom stereocenters. The zero-order valence-corrected chi connectivity index (χ0v) is 34.4. The van der Waals surface area contributed by atoms with Gasteiger partial charge in [-0.15, -0.1) is 0 Å². The van der Waals surface area contributed by atoms with Crippen LogP contribution in [-0.4, -0.2) is 4.57 Å². The van der Waals surface area contributed by atoms with Crippen LogP contribution in [0.4, 0.5) is 17.1 Å². The minimum absolute atomic E-state index is 0.116. The number of hydrogen-bond donors (Lipinski definition) is 0. The van der Waals surface area contributed by atoms with Crippen LogP contribution >= 0.6 is 0 Å². The SMILES string of the molecule is CC1(C)c2ccccc2-c2ccc(N(c3ccc(-c4ccccc4)cc3)c3cc4c(c5ccccc35)c3ccc5c(c3n4-c3ccccc3)-c3ccccc3C5(C)C)cc21. The molecule has 0 N–H and O–H groups in total. The molecule has 0 aliphatic heterocycles. The number of aromatic nitrogens is 1. The zero-order chi connectivity index (χ0) is 40.3. The maximum atomic E-state index is 2.55. The first kappa shape index (κ1) is 34.8. The van der Waals surface area contributed by atoms with E-state index in [2.05, 4.69) is 231 Å². The quantitative estimate of drug-likeness (QED) is 0.169. The number of hydrogen-bond acceptors (Lipinski definition) is 1. The maximum Gasteiger partial charge on any atom is 0.0622 e. The minimum atomic E-state index is -0.138. The van der Waals surface area contributed by atoms with E-state index in [0.29, 0.717) is 0 Å². The van der Waals surface area contributed by atoms with Crippen molar-refractivity contribution in [2.45, 2.75) is 38.5 Å². The first-order chi connectivity index (χ1) is 29.3. The molecule has 10 aromatic rings. The predicted molar refractivity (Wildman–Crippen MR) is 254 cm³/mol. The Balaban J connectivity index is 1.19. The molecule has 1 aromatic heterocycles. The first-order valence-electron chi connectivity index (χ1n) is 21.2. The average Bonchev–Trinajstić information content (AvgIpc) is 3.84. The van der Waals surface area contributed by atoms with Gasteiger partial charge in [-0.1, -0.05) is 179 Å². The summed E-state index contributed by atoms with van der Waals surface area (Å²) in [5, 5.41) is 5.02. The third kappa shape index (κ3) is 4.82. The number of fused-ring (bicyclic) bond motifs is 12. The van der Waals surface area contributed by atoms with Gasteiger partial charge >= 0.3 is 0 Å². The molecule has 60 heavy (non-hydrogen) atoms. The summed E-state index contributed by atoms with van der Waals surface area (Å²) in [6, 6.07) is 72.2. The van der Waals surface area contributed by atoms with E-state index in [0.717, 1.165) is 22.7 Å². The Morgan fingerprint density at radius 2 is 0.967 bits per heavy atom. The van der Waals surface area contributed by atoms with Gasteiger partial charge in [0.15, 0.2) is 0 Å². The molecule has 0 saturated heterocycles. The van der Waals surface area contributed by atoms with Crippen LogP contribution < -0.4 is 4.90 Å². The van der Waals surface area contributed by atoms with Gasteiger partial charge in [-0.25, -0.2) is 0 Å². The van der Waals surface area contributed by atoms with Crippen LogP contribution in [-0.2, 0) is 10.8 Å². The third-order valence-corrected chi connectivity index (χ3v) is 13.8. The number of rotatable bonds is 5. The second-order valence-electron chi connectivity index (χ2n) is 17.7. The van der Waals surface area contributed by atoms with Crippen molar-refractivity contribution in [1.29, 1.82) is 0 Å². The van der Waals surface area contributed by atoms with E-state index in [1.165, 1.54) is 88.2 Å². The van der Waals surface area contributed by atoms with Gasteiger partial charge < -0.3 is 9.47 Å². The van der Waals surface area contributed by atoms with Gasteiger partial charge in [-0.2, -0.15) is 0 Å². The molecule has 2 aliphatic rings. The Bertz CT molecular complexity index is 3350. The van der Waals surface area contributed by atoms with Crippen LogP contribution in [0.1, 0.15) is 49.9 Å². The van der Waals surface area contributed by atoms with Crippen molar-refractivity contribution in [3.05, 3.63) is 216 Å². The molecule has 1 heterocycles. The van der Waals surface area contributed by atoms with E-state index in [9.17, 15) is 0 Å². The second kappa shape index (κ2) is 12.7. The molecule has 286 valence electrons. The number of benzene rings is 9. The Morgan fingerprint density at radius 1 is 0.400 bits per heavy atom. The lowest BCUT2D eigenvalue weighted by Gasteiger charge is -2.29. The second-order valence-corrected chi connectivity index (χ2v) is 17.7. The van der Waals surface area contributed by atoms with Gasteiger partial charge in [0.05, 0.1) is 16.7 Å². The van der Waals surface area contributed by atoms with Crippen LogP contribution in [0.15, 0.2) is 194 Å². The highest BCUT2D eigenvalue weighted by Crippen LogP contribution is 2.55. The van der Waals surface area contributed by atoms with Gasteiger partial charge in [0.1, 0.15) is 0 Å². The van der Waals surface area contributed by atoms with Gasteiger partial charge in [0.2, 0.25) is 0 Å². The molecule has 2 heteroatoms. The van der Waals surface area contributed by atoms with Crippen LogP contribution in [0.25, 0.3) is 71.6 Å². The highest BCUT2D eigenvalue weighted by Gasteiger charge is 2.39. The van der Waals surface area contributed by atoms with E-state index < -0.39 is 0 Å². The van der Waals surface area contributed by atoms with Crippen molar-refractivity contribution in [3.63, 3.8) is 0 Å². The van der Waals surface area contributed by atoms with Crippen molar-refractivity contribution in [2.75, 3.05) is 4.90 Å². The molecule has 0 atom stereocenters. The predicted octanol–water partition coefficient (Wildman–Crippen LogP) is 15.7. The fraction of sp³-hybridized carbons (Fsp3) is 0.103. The minimum Gasteiger partial charge on any atom is -0.310 e. The number of para-hydroxylation sites is 1. The van der Waals surface area contributed by atoms with Crippen LogP contribution in [0, 0.1) is 0 Å². The summed E-state index contributed by atoms with van der Waals surface area (Å²) >= 11 is 0. The van der Waals surface area contributed by atoms with Crippen LogP contribution in [0.5, 0.6) is 0 Å². The van der Waals surface area contributed by atoms with Crippen molar-refractivity contribution >= 4 is 49.6 Å². The summed E-state index contributed by atoms with van der Waals surface area (Å²) in [5.41, 5.74) is 20.0. The summed E-state index contributed by atoms with van der Waals surface area (Å²) < 4.78 is 2.55.